The Labute approximate surface area is 165 Å². The van der Waals surface area contributed by atoms with Gasteiger partial charge in [0.1, 0.15) is 11.5 Å². The van der Waals surface area contributed by atoms with E-state index in [1.54, 1.807) is 26.0 Å². The molecule has 1 saturated heterocycles. The van der Waals surface area contributed by atoms with Crippen LogP contribution in [0, 0.1) is 0 Å². The minimum Gasteiger partial charge on any atom is -0.497 e. The first-order valence-corrected chi connectivity index (χ1v) is 10.2. The predicted octanol–water partition coefficient (Wildman–Crippen LogP) is 3.38. The maximum atomic E-state index is 12.9. The van der Waals surface area contributed by atoms with E-state index in [4.69, 9.17) is 9.47 Å². The Morgan fingerprint density at radius 3 is 2.30 bits per heavy atom. The summed E-state index contributed by atoms with van der Waals surface area (Å²) in [7, 11) is 3.29. The largest absolute Gasteiger partial charge is 0.497 e. The van der Waals surface area contributed by atoms with E-state index in [1.807, 2.05) is 41.5 Å². The highest BCUT2D eigenvalue weighted by Crippen LogP contribution is 2.27. The number of nitrogens with zero attached hydrogens (tertiary/aromatic N) is 2. The predicted molar refractivity (Wildman–Crippen MR) is 109 cm³/mol. The van der Waals surface area contributed by atoms with Crippen LogP contribution in [0.1, 0.15) is 15.9 Å². The highest BCUT2D eigenvalue weighted by molar-refractivity contribution is 7.98. The first-order valence-electron chi connectivity index (χ1n) is 9.01. The molecule has 3 rings (SSSR count). The van der Waals surface area contributed by atoms with Gasteiger partial charge in [-0.3, -0.25) is 9.69 Å². The highest BCUT2D eigenvalue weighted by Gasteiger charge is 2.24. The molecule has 5 nitrogen and oxygen atoms in total. The molecule has 0 spiro atoms. The van der Waals surface area contributed by atoms with Crippen LogP contribution in [-0.4, -0.2) is 62.4 Å². The van der Waals surface area contributed by atoms with E-state index >= 15 is 0 Å². The molecule has 144 valence electrons. The Morgan fingerprint density at radius 2 is 1.70 bits per heavy atom. The summed E-state index contributed by atoms with van der Waals surface area (Å²) in [5, 5.41) is 0. The number of hydrogen-bond acceptors (Lipinski definition) is 5. The Morgan fingerprint density at radius 1 is 1.00 bits per heavy atom. The van der Waals surface area contributed by atoms with Crippen molar-refractivity contribution in [2.75, 3.05) is 46.7 Å². The summed E-state index contributed by atoms with van der Waals surface area (Å²) in [5.41, 5.74) is 1.89. The first-order chi connectivity index (χ1) is 13.1. The number of thioether (sulfide) groups is 1. The van der Waals surface area contributed by atoms with Crippen molar-refractivity contribution < 1.29 is 14.3 Å². The number of piperazine rings is 1. The molecule has 6 heteroatoms. The van der Waals surface area contributed by atoms with Gasteiger partial charge < -0.3 is 14.4 Å². The van der Waals surface area contributed by atoms with E-state index in [0.29, 0.717) is 11.3 Å². The molecule has 0 bridgehead atoms. The molecule has 1 aliphatic rings. The van der Waals surface area contributed by atoms with Gasteiger partial charge in [0.05, 0.1) is 19.8 Å². The smallest absolute Gasteiger partial charge is 0.257 e. The van der Waals surface area contributed by atoms with Gasteiger partial charge in [0, 0.05) is 37.6 Å². The average Bonchev–Trinajstić information content (AvgIpc) is 2.73. The van der Waals surface area contributed by atoms with Gasteiger partial charge in [0.25, 0.3) is 5.91 Å². The minimum absolute atomic E-state index is 0.0450. The first kappa shape index (κ1) is 19.6. The van der Waals surface area contributed by atoms with E-state index in [9.17, 15) is 4.79 Å². The van der Waals surface area contributed by atoms with Crippen molar-refractivity contribution in [3.8, 4) is 11.5 Å². The number of benzene rings is 2. The molecule has 0 aromatic heterocycles. The molecule has 0 radical (unpaired) electrons. The standard InChI is InChI=1S/C21H26N2O3S/c1-25-17-6-4-16(5-7-17)15-22-10-12-23(13-11-22)21(24)19-9-8-18(27-3)14-20(19)26-2/h4-9,14H,10-13,15H2,1-3H3. The van der Waals surface area contributed by atoms with E-state index in [0.717, 1.165) is 43.4 Å². The van der Waals surface area contributed by atoms with Crippen LogP contribution >= 0.6 is 11.8 Å². The number of methoxy groups -OCH3 is 2. The van der Waals surface area contributed by atoms with Crippen molar-refractivity contribution in [3.63, 3.8) is 0 Å². The number of rotatable bonds is 6. The zero-order valence-corrected chi connectivity index (χ0v) is 16.9. The van der Waals surface area contributed by atoms with Crippen LogP contribution in [0.4, 0.5) is 0 Å². The molecule has 0 aliphatic carbocycles. The lowest BCUT2D eigenvalue weighted by molar-refractivity contribution is 0.0625. The normalized spacial score (nSPS) is 14.9. The van der Waals surface area contributed by atoms with Crippen LogP contribution in [0.5, 0.6) is 11.5 Å². The minimum atomic E-state index is 0.0450. The van der Waals surface area contributed by atoms with Crippen molar-refractivity contribution in [3.05, 3.63) is 53.6 Å². The van der Waals surface area contributed by atoms with Crippen molar-refractivity contribution in [2.24, 2.45) is 0 Å². The van der Waals surface area contributed by atoms with Gasteiger partial charge in [-0.2, -0.15) is 0 Å². The summed E-state index contributed by atoms with van der Waals surface area (Å²) >= 11 is 1.64. The molecule has 0 atom stereocenters. The van der Waals surface area contributed by atoms with Crippen LogP contribution in [0.25, 0.3) is 0 Å². The lowest BCUT2D eigenvalue weighted by Gasteiger charge is -2.35. The fourth-order valence-corrected chi connectivity index (χ4v) is 3.67. The van der Waals surface area contributed by atoms with Crippen molar-refractivity contribution in [1.29, 1.82) is 0 Å². The summed E-state index contributed by atoms with van der Waals surface area (Å²) in [4.78, 5) is 18.3. The summed E-state index contributed by atoms with van der Waals surface area (Å²) in [6.07, 6.45) is 2.01. The van der Waals surface area contributed by atoms with Gasteiger partial charge in [-0.25, -0.2) is 0 Å². The molecule has 1 heterocycles. The lowest BCUT2D eigenvalue weighted by Crippen LogP contribution is -2.48. The summed E-state index contributed by atoms with van der Waals surface area (Å²) in [5.74, 6) is 1.56. The molecule has 2 aromatic carbocycles. The van der Waals surface area contributed by atoms with Gasteiger partial charge in [0.2, 0.25) is 0 Å². The highest BCUT2D eigenvalue weighted by atomic mass is 32.2. The third-order valence-corrected chi connectivity index (χ3v) is 5.59. The van der Waals surface area contributed by atoms with Gasteiger partial charge >= 0.3 is 0 Å². The molecule has 0 N–H and O–H groups in total. The SMILES string of the molecule is COc1ccc(CN2CCN(C(=O)c3ccc(SC)cc3OC)CC2)cc1. The fourth-order valence-electron chi connectivity index (χ4n) is 3.24. The molecular weight excluding hydrogens is 360 g/mol. The zero-order valence-electron chi connectivity index (χ0n) is 16.1. The molecule has 1 aliphatic heterocycles. The van der Waals surface area contributed by atoms with E-state index in [1.165, 1.54) is 5.56 Å². The number of hydrogen-bond donors (Lipinski definition) is 0. The van der Waals surface area contributed by atoms with Crippen molar-refractivity contribution in [1.82, 2.24) is 9.80 Å². The Kier molecular flexibility index (Phi) is 6.63. The van der Waals surface area contributed by atoms with E-state index in [2.05, 4.69) is 17.0 Å². The number of carbonyl (C=O) groups excluding carboxylic acids is 1. The van der Waals surface area contributed by atoms with Crippen LogP contribution in [-0.2, 0) is 6.54 Å². The second-order valence-corrected chi connectivity index (χ2v) is 7.36. The van der Waals surface area contributed by atoms with Crippen LogP contribution in [0.3, 0.4) is 0 Å². The molecule has 2 aromatic rings. The number of carbonyl (C=O) groups is 1. The second-order valence-electron chi connectivity index (χ2n) is 6.48. The third kappa shape index (κ3) is 4.76. The topological polar surface area (TPSA) is 42.0 Å². The zero-order chi connectivity index (χ0) is 19.2. The van der Waals surface area contributed by atoms with Crippen molar-refractivity contribution in [2.45, 2.75) is 11.4 Å². The van der Waals surface area contributed by atoms with Crippen LogP contribution in [0.2, 0.25) is 0 Å². The Bertz CT molecular complexity index is 771. The van der Waals surface area contributed by atoms with Crippen molar-refractivity contribution >= 4 is 17.7 Å². The number of amides is 1. The maximum absolute atomic E-state index is 12.9. The molecular formula is C21H26N2O3S. The van der Waals surface area contributed by atoms with Gasteiger partial charge in [-0.05, 0) is 42.2 Å². The summed E-state index contributed by atoms with van der Waals surface area (Å²) < 4.78 is 10.6. The molecule has 0 unspecified atom stereocenters. The Hall–Kier alpha value is -2.18. The van der Waals surface area contributed by atoms with E-state index < -0.39 is 0 Å². The third-order valence-electron chi connectivity index (χ3n) is 4.86. The van der Waals surface area contributed by atoms with Gasteiger partial charge in [-0.1, -0.05) is 12.1 Å². The average molecular weight is 387 g/mol. The fraction of sp³-hybridized carbons (Fsp3) is 0.381. The summed E-state index contributed by atoms with van der Waals surface area (Å²) in [6.45, 7) is 4.06. The van der Waals surface area contributed by atoms with Crippen LogP contribution in [0.15, 0.2) is 47.4 Å². The maximum Gasteiger partial charge on any atom is 0.257 e. The lowest BCUT2D eigenvalue weighted by atomic mass is 10.1. The Balaban J connectivity index is 1.59. The second kappa shape index (κ2) is 9.15. The molecule has 1 amide bonds. The van der Waals surface area contributed by atoms with E-state index in [-0.39, 0.29) is 5.91 Å². The monoisotopic (exact) mass is 386 g/mol. The van der Waals surface area contributed by atoms with Gasteiger partial charge in [-0.15, -0.1) is 11.8 Å². The van der Waals surface area contributed by atoms with Gasteiger partial charge in [0.15, 0.2) is 0 Å². The molecule has 27 heavy (non-hydrogen) atoms. The molecule has 0 saturated carbocycles. The summed E-state index contributed by atoms with van der Waals surface area (Å²) in [6, 6.07) is 13.9. The van der Waals surface area contributed by atoms with Crippen LogP contribution < -0.4 is 9.47 Å². The number of ether oxygens (including phenoxy) is 2. The molecule has 1 fully saturated rings. The quantitative estimate of drug-likeness (QED) is 0.712.